The molecular weight excluding hydrogens is 414 g/mol. The van der Waals surface area contributed by atoms with Crippen LogP contribution < -0.4 is 10.9 Å². The number of hydrogen-bond donors (Lipinski definition) is 2. The Labute approximate surface area is 188 Å². The van der Waals surface area contributed by atoms with Crippen LogP contribution in [0.1, 0.15) is 77.0 Å². The maximum Gasteiger partial charge on any atom is 0.303 e. The Bertz CT molecular complexity index is 955. The van der Waals surface area contributed by atoms with Gasteiger partial charge in [-0.3, -0.25) is 9.59 Å². The van der Waals surface area contributed by atoms with Crippen molar-refractivity contribution in [3.8, 4) is 0 Å². The number of carboxylic acids is 1. The summed E-state index contributed by atoms with van der Waals surface area (Å²) < 4.78 is 1.62. The molecule has 1 aromatic heterocycles. The number of halogens is 1. The molecule has 4 saturated carbocycles. The highest BCUT2D eigenvalue weighted by Crippen LogP contribution is 2.65. The number of anilines is 1. The Morgan fingerprint density at radius 3 is 2.71 bits per heavy atom. The van der Waals surface area contributed by atoms with Gasteiger partial charge >= 0.3 is 5.97 Å². The molecule has 5 aliphatic carbocycles. The SMILES string of the molecule is O=C(O)CC12C[C@H]3C[C@H](C1)CC(n1ncc(NCCC4=CCCCC4)c(Cl)c1=O)(C3)C2. The highest BCUT2D eigenvalue weighted by atomic mass is 35.5. The van der Waals surface area contributed by atoms with E-state index in [1.54, 1.807) is 10.9 Å². The zero-order valence-electron chi connectivity index (χ0n) is 18.0. The first-order valence-corrected chi connectivity index (χ1v) is 12.2. The second-order valence-electron chi connectivity index (χ2n) is 10.6. The lowest BCUT2D eigenvalue weighted by atomic mass is 9.46. The fraction of sp³-hybridized carbons (Fsp3) is 0.708. The van der Waals surface area contributed by atoms with Gasteiger partial charge in [0.2, 0.25) is 0 Å². The van der Waals surface area contributed by atoms with Gasteiger partial charge in [-0.2, -0.15) is 5.10 Å². The molecule has 4 fully saturated rings. The highest BCUT2D eigenvalue weighted by Gasteiger charge is 2.59. The predicted octanol–water partition coefficient (Wildman–Crippen LogP) is 4.97. The summed E-state index contributed by atoms with van der Waals surface area (Å²) in [6, 6.07) is 0. The van der Waals surface area contributed by atoms with E-state index in [0.29, 0.717) is 17.5 Å². The lowest BCUT2D eigenvalue weighted by molar-refractivity contribution is -0.151. The number of nitrogens with one attached hydrogen (secondary N) is 1. The summed E-state index contributed by atoms with van der Waals surface area (Å²) in [6.45, 7) is 0.744. The summed E-state index contributed by atoms with van der Waals surface area (Å²) in [5.41, 5.74) is 1.26. The summed E-state index contributed by atoms with van der Waals surface area (Å²) in [7, 11) is 0. The molecule has 4 bridgehead atoms. The van der Waals surface area contributed by atoms with Gasteiger partial charge in [-0.25, -0.2) is 4.68 Å². The summed E-state index contributed by atoms with van der Waals surface area (Å²) in [5.74, 6) is 0.229. The maximum absolute atomic E-state index is 13.3. The first kappa shape index (κ1) is 21.0. The van der Waals surface area contributed by atoms with Gasteiger partial charge in [-0.05, 0) is 87.9 Å². The van der Waals surface area contributed by atoms with Crippen LogP contribution in [0.3, 0.4) is 0 Å². The third kappa shape index (κ3) is 3.92. The van der Waals surface area contributed by atoms with Crippen LogP contribution in [0.2, 0.25) is 5.02 Å². The van der Waals surface area contributed by atoms with Crippen LogP contribution in [-0.4, -0.2) is 27.4 Å². The van der Waals surface area contributed by atoms with Crippen LogP contribution in [0.15, 0.2) is 22.6 Å². The van der Waals surface area contributed by atoms with Crippen LogP contribution in [0.5, 0.6) is 0 Å². The van der Waals surface area contributed by atoms with E-state index in [9.17, 15) is 14.7 Å². The zero-order valence-corrected chi connectivity index (χ0v) is 18.8. The van der Waals surface area contributed by atoms with Crippen LogP contribution in [-0.2, 0) is 10.3 Å². The standard InChI is InChI=1S/C24H32ClN3O3/c25-21-19(26-7-6-16-4-2-1-3-5-16)14-27-28(22(21)31)24-11-17-8-18(12-24)10-23(9-17,15-24)13-20(29)30/h4,14,17-18,26H,1-3,5-13,15H2,(H,29,30)/t17-,18-,23?,24?/m1/s1. The summed E-state index contributed by atoms with van der Waals surface area (Å²) in [4.78, 5) is 24.9. The van der Waals surface area contributed by atoms with Crippen LogP contribution in [0.4, 0.5) is 5.69 Å². The molecule has 2 N–H and O–H groups in total. The van der Waals surface area contributed by atoms with E-state index in [-0.39, 0.29) is 28.0 Å². The van der Waals surface area contributed by atoms with Gasteiger partial charge in [-0.15, -0.1) is 0 Å². The number of carboxylic acid groups (broad SMARTS) is 1. The van der Waals surface area contributed by atoms with Crippen LogP contribution >= 0.6 is 11.6 Å². The Morgan fingerprint density at radius 1 is 1.26 bits per heavy atom. The van der Waals surface area contributed by atoms with Crippen molar-refractivity contribution in [2.75, 3.05) is 11.9 Å². The van der Waals surface area contributed by atoms with Crippen molar-refractivity contribution in [1.29, 1.82) is 0 Å². The van der Waals surface area contributed by atoms with E-state index in [1.165, 1.54) is 24.8 Å². The molecule has 6 nitrogen and oxygen atoms in total. The minimum absolute atomic E-state index is 0.194. The Kier molecular flexibility index (Phi) is 5.40. The smallest absolute Gasteiger partial charge is 0.303 e. The Balaban J connectivity index is 1.37. The average Bonchev–Trinajstić information content (AvgIpc) is 2.70. The third-order valence-corrected chi connectivity index (χ3v) is 8.56. The normalized spacial score (nSPS) is 33.9. The lowest BCUT2D eigenvalue weighted by Crippen LogP contribution is -2.59. The number of rotatable bonds is 7. The minimum atomic E-state index is -0.733. The molecule has 31 heavy (non-hydrogen) atoms. The molecule has 0 unspecified atom stereocenters. The summed E-state index contributed by atoms with van der Waals surface area (Å²) >= 11 is 6.53. The number of hydrogen-bond acceptors (Lipinski definition) is 4. The van der Waals surface area contributed by atoms with Crippen molar-refractivity contribution >= 4 is 23.3 Å². The minimum Gasteiger partial charge on any atom is -0.481 e. The van der Waals surface area contributed by atoms with E-state index < -0.39 is 5.97 Å². The van der Waals surface area contributed by atoms with Crippen molar-refractivity contribution in [1.82, 2.24) is 9.78 Å². The second-order valence-corrected chi connectivity index (χ2v) is 11.0. The number of aromatic nitrogens is 2. The second kappa shape index (κ2) is 7.95. The van der Waals surface area contributed by atoms with Gasteiger partial charge in [0.25, 0.3) is 5.56 Å². The van der Waals surface area contributed by atoms with E-state index in [1.807, 2.05) is 0 Å². The zero-order chi connectivity index (χ0) is 21.6. The Hall–Kier alpha value is -1.82. The van der Waals surface area contributed by atoms with Gasteiger partial charge in [0, 0.05) is 6.54 Å². The quantitative estimate of drug-likeness (QED) is 0.579. The molecule has 0 saturated heterocycles. The molecule has 2 atom stereocenters. The predicted molar refractivity (Wildman–Crippen MR) is 121 cm³/mol. The molecule has 0 amide bonds. The fourth-order valence-corrected chi connectivity index (χ4v) is 7.76. The average molecular weight is 446 g/mol. The summed E-state index contributed by atoms with van der Waals surface area (Å²) in [6.07, 6.45) is 15.7. The maximum atomic E-state index is 13.3. The number of carbonyl (C=O) groups is 1. The molecule has 1 heterocycles. The van der Waals surface area contributed by atoms with Gasteiger partial charge in [0.15, 0.2) is 0 Å². The number of allylic oxidation sites excluding steroid dienone is 1. The van der Waals surface area contributed by atoms with E-state index >= 15 is 0 Å². The molecule has 6 rings (SSSR count). The van der Waals surface area contributed by atoms with Crippen LogP contribution in [0.25, 0.3) is 0 Å². The van der Waals surface area contributed by atoms with Gasteiger partial charge < -0.3 is 10.4 Å². The number of nitrogens with zero attached hydrogens (tertiary/aromatic N) is 2. The third-order valence-electron chi connectivity index (χ3n) is 8.19. The molecule has 7 heteroatoms. The number of aliphatic carboxylic acids is 1. The van der Waals surface area contributed by atoms with Crippen molar-refractivity contribution in [2.45, 2.75) is 82.6 Å². The lowest BCUT2D eigenvalue weighted by Gasteiger charge is -2.61. The molecule has 0 aromatic carbocycles. The van der Waals surface area contributed by atoms with E-state index in [4.69, 9.17) is 11.6 Å². The van der Waals surface area contributed by atoms with Crippen LogP contribution in [0, 0.1) is 17.3 Å². The molecular formula is C24H32ClN3O3. The van der Waals surface area contributed by atoms with Crippen molar-refractivity contribution in [2.24, 2.45) is 17.3 Å². The van der Waals surface area contributed by atoms with Gasteiger partial charge in [-0.1, -0.05) is 23.3 Å². The molecule has 0 radical (unpaired) electrons. The van der Waals surface area contributed by atoms with Gasteiger partial charge in [0.1, 0.15) is 5.02 Å². The topological polar surface area (TPSA) is 84.2 Å². The van der Waals surface area contributed by atoms with Crippen molar-refractivity contribution < 1.29 is 9.90 Å². The fourth-order valence-electron chi connectivity index (χ4n) is 7.56. The van der Waals surface area contributed by atoms with E-state index in [0.717, 1.165) is 57.9 Å². The molecule has 0 spiro atoms. The van der Waals surface area contributed by atoms with Crippen molar-refractivity contribution in [3.63, 3.8) is 0 Å². The largest absolute Gasteiger partial charge is 0.481 e. The molecule has 168 valence electrons. The first-order valence-electron chi connectivity index (χ1n) is 11.8. The monoisotopic (exact) mass is 445 g/mol. The Morgan fingerprint density at radius 2 is 2.03 bits per heavy atom. The van der Waals surface area contributed by atoms with Crippen molar-refractivity contribution in [3.05, 3.63) is 33.2 Å². The molecule has 1 aromatic rings. The molecule has 5 aliphatic rings. The van der Waals surface area contributed by atoms with Gasteiger partial charge in [0.05, 0.1) is 23.8 Å². The molecule has 0 aliphatic heterocycles. The highest BCUT2D eigenvalue weighted by molar-refractivity contribution is 6.32. The summed E-state index contributed by atoms with van der Waals surface area (Å²) in [5, 5.41) is 17.6. The first-order chi connectivity index (χ1) is 14.9. The van der Waals surface area contributed by atoms with E-state index in [2.05, 4.69) is 16.5 Å².